The van der Waals surface area contributed by atoms with E-state index in [4.69, 9.17) is 11.6 Å². The number of hydrogen-bond acceptors (Lipinski definition) is 3. The van der Waals surface area contributed by atoms with Gasteiger partial charge in [0.25, 0.3) is 0 Å². The second kappa shape index (κ2) is 5.43. The van der Waals surface area contributed by atoms with Crippen molar-refractivity contribution in [1.82, 2.24) is 4.98 Å². The zero-order valence-electron chi connectivity index (χ0n) is 8.64. The van der Waals surface area contributed by atoms with E-state index in [0.717, 1.165) is 12.0 Å². The summed E-state index contributed by atoms with van der Waals surface area (Å²) in [7, 11) is 0. The summed E-state index contributed by atoms with van der Waals surface area (Å²) in [5.41, 5.74) is 0.820. The van der Waals surface area contributed by atoms with Gasteiger partial charge in [-0.05, 0) is 35.9 Å². The lowest BCUT2D eigenvalue weighted by molar-refractivity contribution is 0.167. The van der Waals surface area contributed by atoms with Crippen molar-refractivity contribution in [3.63, 3.8) is 0 Å². The Labute approximate surface area is 104 Å². The second-order valence-electron chi connectivity index (χ2n) is 3.55. The summed E-state index contributed by atoms with van der Waals surface area (Å²) in [5.74, 6) is 0. The van der Waals surface area contributed by atoms with Crippen LogP contribution in [0.25, 0.3) is 0 Å². The van der Waals surface area contributed by atoms with Crippen molar-refractivity contribution in [3.8, 4) is 0 Å². The third kappa shape index (κ3) is 3.04. The molecule has 0 radical (unpaired) electrons. The maximum Gasteiger partial charge on any atom is 0.129 e. The Bertz CT molecular complexity index is 427. The molecular formula is C12H12ClNOS. The summed E-state index contributed by atoms with van der Waals surface area (Å²) < 4.78 is 0. The van der Waals surface area contributed by atoms with Crippen LogP contribution in [-0.4, -0.2) is 10.1 Å². The zero-order chi connectivity index (χ0) is 11.4. The minimum Gasteiger partial charge on any atom is -0.388 e. The van der Waals surface area contributed by atoms with Crippen molar-refractivity contribution in [3.05, 3.63) is 51.4 Å². The van der Waals surface area contributed by atoms with Gasteiger partial charge in [-0.2, -0.15) is 0 Å². The van der Waals surface area contributed by atoms with Gasteiger partial charge < -0.3 is 5.11 Å². The Morgan fingerprint density at radius 2 is 2.25 bits per heavy atom. The molecular weight excluding hydrogens is 242 g/mol. The lowest BCUT2D eigenvalue weighted by atomic mass is 10.1. The molecule has 0 aliphatic carbocycles. The maximum atomic E-state index is 9.93. The van der Waals surface area contributed by atoms with E-state index in [1.165, 1.54) is 4.88 Å². The molecule has 2 heterocycles. The van der Waals surface area contributed by atoms with E-state index in [2.05, 4.69) is 11.1 Å². The molecule has 2 rings (SSSR count). The van der Waals surface area contributed by atoms with Crippen LogP contribution in [0.5, 0.6) is 0 Å². The van der Waals surface area contributed by atoms with Gasteiger partial charge in [0.15, 0.2) is 0 Å². The molecule has 0 aliphatic rings. The van der Waals surface area contributed by atoms with Crippen LogP contribution in [0, 0.1) is 0 Å². The summed E-state index contributed by atoms with van der Waals surface area (Å²) in [6.45, 7) is 0. The fourth-order valence-corrected chi connectivity index (χ4v) is 2.32. The maximum absolute atomic E-state index is 9.93. The first-order chi connectivity index (χ1) is 7.75. The van der Waals surface area contributed by atoms with Gasteiger partial charge in [0.05, 0.1) is 6.10 Å². The monoisotopic (exact) mass is 253 g/mol. The molecule has 2 aromatic heterocycles. The molecule has 1 unspecified atom stereocenters. The number of nitrogens with zero attached hydrogens (tertiary/aromatic N) is 1. The largest absolute Gasteiger partial charge is 0.388 e. The van der Waals surface area contributed by atoms with Crippen molar-refractivity contribution in [2.45, 2.75) is 18.9 Å². The number of aromatic nitrogens is 1. The van der Waals surface area contributed by atoms with Gasteiger partial charge in [-0.3, -0.25) is 0 Å². The zero-order valence-corrected chi connectivity index (χ0v) is 10.2. The molecule has 4 heteroatoms. The highest BCUT2D eigenvalue weighted by molar-refractivity contribution is 7.09. The molecule has 1 atom stereocenters. The first kappa shape index (κ1) is 11.6. The van der Waals surface area contributed by atoms with Crippen LogP contribution >= 0.6 is 22.9 Å². The molecule has 2 aromatic rings. The molecule has 0 aliphatic heterocycles. The molecule has 0 saturated heterocycles. The van der Waals surface area contributed by atoms with E-state index < -0.39 is 6.10 Å². The summed E-state index contributed by atoms with van der Waals surface area (Å²) in [6, 6.07) is 7.62. The van der Waals surface area contributed by atoms with E-state index in [1.54, 1.807) is 23.6 Å². The number of aryl methyl sites for hydroxylation is 1. The average molecular weight is 254 g/mol. The molecule has 2 nitrogen and oxygen atoms in total. The van der Waals surface area contributed by atoms with Gasteiger partial charge >= 0.3 is 0 Å². The molecule has 0 spiro atoms. The van der Waals surface area contributed by atoms with Crippen molar-refractivity contribution < 1.29 is 5.11 Å². The Hall–Kier alpha value is -0.900. The summed E-state index contributed by atoms with van der Waals surface area (Å²) >= 11 is 7.40. The molecule has 16 heavy (non-hydrogen) atoms. The predicted octanol–water partition coefficient (Wildman–Crippen LogP) is 3.46. The number of pyridine rings is 1. The van der Waals surface area contributed by atoms with E-state index in [9.17, 15) is 5.11 Å². The van der Waals surface area contributed by atoms with Crippen LogP contribution in [0.1, 0.15) is 23.0 Å². The Morgan fingerprint density at radius 1 is 1.38 bits per heavy atom. The van der Waals surface area contributed by atoms with Gasteiger partial charge in [0.2, 0.25) is 0 Å². The van der Waals surface area contributed by atoms with Crippen molar-refractivity contribution >= 4 is 22.9 Å². The first-order valence-corrected chi connectivity index (χ1v) is 6.33. The fourth-order valence-electron chi connectivity index (χ4n) is 1.48. The third-order valence-corrected chi connectivity index (χ3v) is 3.54. The SMILES string of the molecule is OC(CCc1cccs1)c1ccc(Cl)nc1. The van der Waals surface area contributed by atoms with Crippen molar-refractivity contribution in [2.75, 3.05) is 0 Å². The topological polar surface area (TPSA) is 33.1 Å². The second-order valence-corrected chi connectivity index (χ2v) is 4.97. The normalized spacial score (nSPS) is 12.6. The molecule has 0 fully saturated rings. The molecule has 0 bridgehead atoms. The first-order valence-electron chi connectivity index (χ1n) is 5.07. The Kier molecular flexibility index (Phi) is 3.93. The highest BCUT2D eigenvalue weighted by Gasteiger charge is 2.08. The third-order valence-electron chi connectivity index (χ3n) is 2.38. The van der Waals surface area contributed by atoms with Crippen LogP contribution < -0.4 is 0 Å². The van der Waals surface area contributed by atoms with E-state index in [0.29, 0.717) is 11.6 Å². The highest BCUT2D eigenvalue weighted by Crippen LogP contribution is 2.21. The quantitative estimate of drug-likeness (QED) is 0.847. The average Bonchev–Trinajstić information content (AvgIpc) is 2.80. The minimum atomic E-state index is -0.466. The Morgan fingerprint density at radius 3 is 2.88 bits per heavy atom. The molecule has 1 N–H and O–H groups in total. The molecule has 0 amide bonds. The smallest absolute Gasteiger partial charge is 0.129 e. The van der Waals surface area contributed by atoms with Crippen molar-refractivity contribution in [2.24, 2.45) is 0 Å². The van der Waals surface area contributed by atoms with Crippen molar-refractivity contribution in [1.29, 1.82) is 0 Å². The number of hydrogen-bond donors (Lipinski definition) is 1. The fraction of sp³-hybridized carbons (Fsp3) is 0.250. The van der Waals surface area contributed by atoms with E-state index >= 15 is 0 Å². The molecule has 84 valence electrons. The highest BCUT2D eigenvalue weighted by atomic mass is 35.5. The summed E-state index contributed by atoms with van der Waals surface area (Å²) in [5, 5.41) is 12.4. The van der Waals surface area contributed by atoms with Gasteiger partial charge in [-0.15, -0.1) is 11.3 Å². The van der Waals surface area contributed by atoms with Crippen LogP contribution in [0.2, 0.25) is 5.15 Å². The van der Waals surface area contributed by atoms with E-state index in [1.807, 2.05) is 17.5 Å². The number of thiophene rings is 1. The van der Waals surface area contributed by atoms with Crippen LogP contribution in [0.4, 0.5) is 0 Å². The van der Waals surface area contributed by atoms with E-state index in [-0.39, 0.29) is 0 Å². The predicted molar refractivity (Wildman–Crippen MR) is 66.8 cm³/mol. The number of aliphatic hydroxyl groups excluding tert-OH is 1. The van der Waals surface area contributed by atoms with Gasteiger partial charge in [-0.1, -0.05) is 23.7 Å². The minimum absolute atomic E-state index is 0.453. The Balaban J connectivity index is 1.93. The number of aliphatic hydroxyl groups is 1. The van der Waals surface area contributed by atoms with Crippen LogP contribution in [-0.2, 0) is 6.42 Å². The van der Waals surface area contributed by atoms with Gasteiger partial charge in [-0.25, -0.2) is 4.98 Å². The summed E-state index contributed by atoms with van der Waals surface area (Å²) in [6.07, 6.45) is 2.76. The number of rotatable bonds is 4. The van der Waals surface area contributed by atoms with Gasteiger partial charge in [0, 0.05) is 11.1 Å². The van der Waals surface area contributed by atoms with Crippen LogP contribution in [0.15, 0.2) is 35.8 Å². The standard InChI is InChI=1S/C12H12ClNOS/c13-12-6-3-9(8-14-12)11(15)5-4-10-2-1-7-16-10/h1-3,6-8,11,15H,4-5H2. The molecule has 0 saturated carbocycles. The lowest BCUT2D eigenvalue weighted by Gasteiger charge is -2.09. The van der Waals surface area contributed by atoms with Crippen LogP contribution in [0.3, 0.4) is 0 Å². The molecule has 0 aromatic carbocycles. The van der Waals surface area contributed by atoms with Gasteiger partial charge in [0.1, 0.15) is 5.15 Å². The summed E-state index contributed by atoms with van der Waals surface area (Å²) in [4.78, 5) is 5.25. The lowest BCUT2D eigenvalue weighted by Crippen LogP contribution is -1.99. The number of halogens is 1.